The number of nitrogens with zero attached hydrogens (tertiary/aromatic N) is 5. The monoisotopic (exact) mass is 395 g/mol. The summed E-state index contributed by atoms with van der Waals surface area (Å²) < 4.78 is 1.95. The molecule has 0 aliphatic carbocycles. The van der Waals surface area contributed by atoms with Crippen molar-refractivity contribution >= 4 is 50.6 Å². The summed E-state index contributed by atoms with van der Waals surface area (Å²) in [6.45, 7) is 0. The molecule has 0 amide bonds. The number of hydrogen-bond donors (Lipinski definition) is 0. The number of fused-ring (bicyclic) bond motifs is 2. The number of pyridine rings is 1. The topological polar surface area (TPSA) is 56.0 Å². The Morgan fingerprint density at radius 1 is 1.00 bits per heavy atom. The van der Waals surface area contributed by atoms with Crippen molar-refractivity contribution in [3.8, 4) is 11.1 Å². The van der Waals surface area contributed by atoms with Gasteiger partial charge in [-0.05, 0) is 41.6 Å². The third-order valence-corrected chi connectivity index (χ3v) is 6.06. The van der Waals surface area contributed by atoms with Gasteiger partial charge in [0.25, 0.3) is 0 Å². The first-order valence-electron chi connectivity index (χ1n) is 7.75. The predicted octanol–water partition coefficient (Wildman–Crippen LogP) is 5.21. The van der Waals surface area contributed by atoms with Crippen LogP contribution in [0.2, 0.25) is 5.02 Å². The van der Waals surface area contributed by atoms with E-state index in [1.807, 2.05) is 53.1 Å². The molecule has 0 radical (unpaired) electrons. The van der Waals surface area contributed by atoms with Crippen LogP contribution in [0.3, 0.4) is 0 Å². The molecule has 0 N–H and O–H groups in total. The van der Waals surface area contributed by atoms with Crippen molar-refractivity contribution in [2.75, 3.05) is 0 Å². The van der Waals surface area contributed by atoms with Crippen molar-refractivity contribution in [1.82, 2.24) is 24.6 Å². The molecular weight excluding hydrogens is 386 g/mol. The van der Waals surface area contributed by atoms with E-state index < -0.39 is 0 Å². The Balaban J connectivity index is 1.66. The summed E-state index contributed by atoms with van der Waals surface area (Å²) in [6.07, 6.45) is 3.54. The van der Waals surface area contributed by atoms with Crippen molar-refractivity contribution in [3.05, 3.63) is 65.4 Å². The molecule has 0 unspecified atom stereocenters. The van der Waals surface area contributed by atoms with E-state index in [0.29, 0.717) is 5.02 Å². The fraction of sp³-hybridized carbons (Fsp3) is 0. The van der Waals surface area contributed by atoms with E-state index in [4.69, 9.17) is 11.6 Å². The second kappa shape index (κ2) is 6.35. The molecule has 5 rings (SSSR count). The smallest absolute Gasteiger partial charge is 0.201 e. The lowest BCUT2D eigenvalue weighted by molar-refractivity contribution is 0.917. The van der Waals surface area contributed by atoms with Gasteiger partial charge in [0, 0.05) is 22.2 Å². The van der Waals surface area contributed by atoms with E-state index in [2.05, 4.69) is 25.5 Å². The molecule has 0 saturated heterocycles. The minimum Gasteiger partial charge on any atom is -0.277 e. The standard InChI is InChI=1S/C18H10ClN5S2/c19-12-6-4-11(5-7-12)13-9-25-16-15(13)17(21-10-20-16)26-18-23-22-14-3-1-2-8-24(14)18/h1-10H. The highest BCUT2D eigenvalue weighted by molar-refractivity contribution is 7.99. The molecule has 0 bridgehead atoms. The van der Waals surface area contributed by atoms with Crippen LogP contribution in [0.5, 0.6) is 0 Å². The highest BCUT2D eigenvalue weighted by Crippen LogP contribution is 2.39. The molecule has 4 aromatic heterocycles. The average Bonchev–Trinajstić information content (AvgIpc) is 3.28. The van der Waals surface area contributed by atoms with Crippen LogP contribution in [0.4, 0.5) is 0 Å². The van der Waals surface area contributed by atoms with Crippen molar-refractivity contribution < 1.29 is 0 Å². The average molecular weight is 396 g/mol. The van der Waals surface area contributed by atoms with Gasteiger partial charge < -0.3 is 0 Å². The van der Waals surface area contributed by atoms with Gasteiger partial charge in [-0.3, -0.25) is 4.40 Å². The summed E-state index contributed by atoms with van der Waals surface area (Å²) >= 11 is 9.12. The molecule has 1 aromatic carbocycles. The van der Waals surface area contributed by atoms with Gasteiger partial charge >= 0.3 is 0 Å². The number of thiophene rings is 1. The second-order valence-electron chi connectivity index (χ2n) is 5.53. The lowest BCUT2D eigenvalue weighted by Gasteiger charge is -2.04. The van der Waals surface area contributed by atoms with Crippen molar-refractivity contribution in [2.24, 2.45) is 0 Å². The number of benzene rings is 1. The molecule has 0 spiro atoms. The van der Waals surface area contributed by atoms with E-state index >= 15 is 0 Å². The second-order valence-corrected chi connectivity index (χ2v) is 7.78. The van der Waals surface area contributed by atoms with Crippen LogP contribution in [0, 0.1) is 0 Å². The quantitative estimate of drug-likeness (QED) is 0.393. The Kier molecular flexibility index (Phi) is 3.85. The first kappa shape index (κ1) is 15.7. The maximum atomic E-state index is 6.03. The molecule has 0 aliphatic rings. The Morgan fingerprint density at radius 3 is 2.77 bits per heavy atom. The first-order valence-corrected chi connectivity index (χ1v) is 9.83. The zero-order chi connectivity index (χ0) is 17.5. The van der Waals surface area contributed by atoms with E-state index in [9.17, 15) is 0 Å². The van der Waals surface area contributed by atoms with Gasteiger partial charge in [-0.2, -0.15) is 0 Å². The van der Waals surface area contributed by atoms with Crippen molar-refractivity contribution in [1.29, 1.82) is 0 Å². The number of hydrogen-bond acceptors (Lipinski definition) is 6. The van der Waals surface area contributed by atoms with Gasteiger partial charge in [0.1, 0.15) is 16.2 Å². The van der Waals surface area contributed by atoms with Crippen LogP contribution in [-0.2, 0) is 0 Å². The van der Waals surface area contributed by atoms with Gasteiger partial charge in [0.15, 0.2) is 5.65 Å². The van der Waals surface area contributed by atoms with E-state index in [-0.39, 0.29) is 0 Å². The van der Waals surface area contributed by atoms with Gasteiger partial charge in [0.05, 0.1) is 5.39 Å². The first-order chi connectivity index (χ1) is 12.8. The molecule has 5 nitrogen and oxygen atoms in total. The van der Waals surface area contributed by atoms with Crippen molar-refractivity contribution in [3.63, 3.8) is 0 Å². The Hall–Kier alpha value is -2.48. The van der Waals surface area contributed by atoms with Crippen LogP contribution in [-0.4, -0.2) is 24.6 Å². The number of rotatable bonds is 3. The molecule has 0 atom stereocenters. The summed E-state index contributed by atoms with van der Waals surface area (Å²) in [4.78, 5) is 9.88. The van der Waals surface area contributed by atoms with Crippen LogP contribution >= 0.6 is 34.7 Å². The van der Waals surface area contributed by atoms with E-state index in [0.717, 1.165) is 37.2 Å². The molecular formula is C18H10ClN5S2. The third kappa shape index (κ3) is 2.65. The third-order valence-electron chi connectivity index (χ3n) is 3.96. The highest BCUT2D eigenvalue weighted by Gasteiger charge is 2.16. The predicted molar refractivity (Wildman–Crippen MR) is 105 cm³/mol. The SMILES string of the molecule is Clc1ccc(-c2csc3ncnc(Sc4nnc5ccccn45)c23)cc1. The minimum atomic E-state index is 0.717. The molecule has 8 heteroatoms. The summed E-state index contributed by atoms with van der Waals surface area (Å²) in [5, 5.41) is 14.0. The molecule has 0 saturated carbocycles. The zero-order valence-electron chi connectivity index (χ0n) is 13.2. The molecule has 0 aliphatic heterocycles. The Morgan fingerprint density at radius 2 is 1.88 bits per heavy atom. The largest absolute Gasteiger partial charge is 0.277 e. The molecule has 4 heterocycles. The van der Waals surface area contributed by atoms with Gasteiger partial charge in [-0.15, -0.1) is 21.5 Å². The Bertz CT molecular complexity index is 1230. The summed E-state index contributed by atoms with van der Waals surface area (Å²) in [6, 6.07) is 13.6. The van der Waals surface area contributed by atoms with E-state index in [1.165, 1.54) is 11.8 Å². The number of aromatic nitrogens is 5. The molecule has 26 heavy (non-hydrogen) atoms. The molecule has 0 fully saturated rings. The Labute approximate surface area is 161 Å². The van der Waals surface area contributed by atoms with Crippen LogP contribution in [0.25, 0.3) is 27.0 Å². The summed E-state index contributed by atoms with van der Waals surface area (Å²) in [5.41, 5.74) is 2.99. The van der Waals surface area contributed by atoms with Gasteiger partial charge in [-0.1, -0.05) is 29.8 Å². The van der Waals surface area contributed by atoms with Crippen molar-refractivity contribution in [2.45, 2.75) is 10.2 Å². The van der Waals surface area contributed by atoms with Crippen LogP contribution in [0.15, 0.2) is 70.6 Å². The van der Waals surface area contributed by atoms with Gasteiger partial charge in [-0.25, -0.2) is 9.97 Å². The summed E-state index contributed by atoms with van der Waals surface area (Å²) in [7, 11) is 0. The summed E-state index contributed by atoms with van der Waals surface area (Å²) in [5.74, 6) is 0. The zero-order valence-corrected chi connectivity index (χ0v) is 15.6. The maximum Gasteiger partial charge on any atom is 0.201 e. The van der Waals surface area contributed by atoms with E-state index in [1.54, 1.807) is 17.7 Å². The van der Waals surface area contributed by atoms with Gasteiger partial charge in [0.2, 0.25) is 5.16 Å². The molecule has 5 aromatic rings. The minimum absolute atomic E-state index is 0.717. The molecule has 126 valence electrons. The normalized spacial score (nSPS) is 11.4. The fourth-order valence-corrected chi connectivity index (χ4v) is 4.76. The lowest BCUT2D eigenvalue weighted by Crippen LogP contribution is -1.89. The van der Waals surface area contributed by atoms with Crippen LogP contribution < -0.4 is 0 Å². The van der Waals surface area contributed by atoms with Crippen LogP contribution in [0.1, 0.15) is 0 Å². The maximum absolute atomic E-state index is 6.03. The fourth-order valence-electron chi connectivity index (χ4n) is 2.74. The highest BCUT2D eigenvalue weighted by atomic mass is 35.5. The number of halogens is 1. The lowest BCUT2D eigenvalue weighted by atomic mass is 10.1.